The van der Waals surface area contributed by atoms with Crippen molar-refractivity contribution in [1.29, 1.82) is 0 Å². The fourth-order valence-corrected chi connectivity index (χ4v) is 2.46. The van der Waals surface area contributed by atoms with Crippen LogP contribution in [0.3, 0.4) is 0 Å². The van der Waals surface area contributed by atoms with E-state index in [2.05, 4.69) is 36.5 Å². The fourth-order valence-electron chi connectivity index (χ4n) is 1.87. The number of aryl methyl sites for hydroxylation is 1. The highest BCUT2D eigenvalue weighted by Crippen LogP contribution is 2.25. The maximum atomic E-state index is 12.1. The third kappa shape index (κ3) is 5.30. The average Bonchev–Trinajstić information content (AvgIpc) is 2.50. The van der Waals surface area contributed by atoms with Crippen molar-refractivity contribution in [3.63, 3.8) is 0 Å². The lowest BCUT2D eigenvalue weighted by molar-refractivity contribution is 0.0946. The van der Waals surface area contributed by atoms with Gasteiger partial charge >= 0.3 is 0 Å². The van der Waals surface area contributed by atoms with Crippen molar-refractivity contribution in [3.05, 3.63) is 46.2 Å². The van der Waals surface area contributed by atoms with Gasteiger partial charge in [0.05, 0.1) is 5.69 Å². The van der Waals surface area contributed by atoms with Gasteiger partial charge in [-0.1, -0.05) is 6.07 Å². The Labute approximate surface area is 144 Å². The van der Waals surface area contributed by atoms with E-state index in [1.165, 1.54) is 0 Å². The van der Waals surface area contributed by atoms with Gasteiger partial charge < -0.3 is 15.5 Å². The van der Waals surface area contributed by atoms with Crippen molar-refractivity contribution >= 4 is 33.5 Å². The number of nitrogens with zero attached hydrogens (tertiary/aromatic N) is 3. The summed E-state index contributed by atoms with van der Waals surface area (Å²) in [6, 6.07) is 7.53. The van der Waals surface area contributed by atoms with E-state index < -0.39 is 0 Å². The smallest absolute Gasteiger partial charge is 0.270 e. The first-order valence-corrected chi connectivity index (χ1v) is 8.04. The van der Waals surface area contributed by atoms with E-state index in [1.54, 1.807) is 12.3 Å². The van der Waals surface area contributed by atoms with Crippen molar-refractivity contribution in [3.8, 4) is 0 Å². The molecule has 23 heavy (non-hydrogen) atoms. The van der Waals surface area contributed by atoms with Crippen LogP contribution in [0.4, 0.5) is 11.6 Å². The van der Waals surface area contributed by atoms with Gasteiger partial charge in [0, 0.05) is 23.8 Å². The number of nitrogens with one attached hydrogen (secondary N) is 2. The zero-order chi connectivity index (χ0) is 16.8. The second-order valence-electron chi connectivity index (χ2n) is 5.43. The summed E-state index contributed by atoms with van der Waals surface area (Å²) in [4.78, 5) is 22.5. The number of aromatic nitrogens is 2. The van der Waals surface area contributed by atoms with Crippen LogP contribution < -0.4 is 10.6 Å². The van der Waals surface area contributed by atoms with Gasteiger partial charge in [0.25, 0.3) is 5.91 Å². The highest BCUT2D eigenvalue weighted by atomic mass is 79.9. The van der Waals surface area contributed by atoms with Crippen LogP contribution in [0, 0.1) is 6.92 Å². The average molecular weight is 378 g/mol. The first-order valence-electron chi connectivity index (χ1n) is 7.25. The van der Waals surface area contributed by atoms with Gasteiger partial charge in [0.2, 0.25) is 5.95 Å². The molecule has 2 N–H and O–H groups in total. The zero-order valence-corrected chi connectivity index (χ0v) is 15.0. The van der Waals surface area contributed by atoms with Crippen molar-refractivity contribution in [2.45, 2.75) is 6.92 Å². The van der Waals surface area contributed by atoms with E-state index >= 15 is 0 Å². The number of carbonyl (C=O) groups is 1. The highest BCUT2D eigenvalue weighted by Gasteiger charge is 2.09. The van der Waals surface area contributed by atoms with Gasteiger partial charge in [-0.05, 0) is 60.7 Å². The van der Waals surface area contributed by atoms with Crippen molar-refractivity contribution in [1.82, 2.24) is 20.2 Å². The Hall–Kier alpha value is -1.99. The minimum absolute atomic E-state index is 0.208. The summed E-state index contributed by atoms with van der Waals surface area (Å²) in [5, 5.41) is 5.94. The molecule has 1 amide bonds. The number of hydrogen-bond acceptors (Lipinski definition) is 5. The summed E-state index contributed by atoms with van der Waals surface area (Å²) in [6.07, 6.45) is 1.57. The van der Waals surface area contributed by atoms with Crippen LogP contribution in [0.15, 0.2) is 34.9 Å². The predicted molar refractivity (Wildman–Crippen MR) is 95.1 cm³/mol. The third-order valence-electron chi connectivity index (χ3n) is 3.10. The summed E-state index contributed by atoms with van der Waals surface area (Å²) in [6.45, 7) is 3.37. The molecule has 0 aliphatic heterocycles. The number of carbonyl (C=O) groups excluding carboxylic acids is 1. The SMILES string of the molecule is Cc1ccc(Nc2nccc(C(=O)NCCN(C)C)n2)c(Br)c1. The molecule has 0 radical (unpaired) electrons. The molecule has 0 spiro atoms. The van der Waals surface area contributed by atoms with Crippen LogP contribution >= 0.6 is 15.9 Å². The molecule has 1 aromatic carbocycles. The number of anilines is 2. The Balaban J connectivity index is 2.06. The predicted octanol–water partition coefficient (Wildman–Crippen LogP) is 2.58. The van der Waals surface area contributed by atoms with Gasteiger partial charge in [-0.25, -0.2) is 9.97 Å². The Morgan fingerprint density at radius 1 is 1.30 bits per heavy atom. The van der Waals surface area contributed by atoms with E-state index in [9.17, 15) is 4.79 Å². The normalized spacial score (nSPS) is 10.7. The Kier molecular flexibility index (Phi) is 6.06. The standard InChI is InChI=1S/C16H20BrN5O/c1-11-4-5-13(12(17)10-11)20-16-19-7-6-14(21-16)15(23)18-8-9-22(2)3/h4-7,10H,8-9H2,1-3H3,(H,18,23)(H,19,20,21). The molecule has 0 bridgehead atoms. The monoisotopic (exact) mass is 377 g/mol. The van der Waals surface area contributed by atoms with Gasteiger partial charge in [-0.15, -0.1) is 0 Å². The molecule has 1 heterocycles. The van der Waals surface area contributed by atoms with Gasteiger partial charge in [0.1, 0.15) is 5.69 Å². The largest absolute Gasteiger partial charge is 0.349 e. The molecule has 2 aromatic rings. The van der Waals surface area contributed by atoms with Crippen LogP contribution in [0.2, 0.25) is 0 Å². The number of likely N-dealkylation sites (N-methyl/N-ethyl adjacent to an activating group) is 1. The molecule has 1 aromatic heterocycles. The van der Waals surface area contributed by atoms with Crippen molar-refractivity contribution in [2.75, 3.05) is 32.5 Å². The van der Waals surface area contributed by atoms with Gasteiger partial charge in [-0.2, -0.15) is 0 Å². The molecule has 0 aliphatic rings. The van der Waals surface area contributed by atoms with E-state index in [4.69, 9.17) is 0 Å². The minimum Gasteiger partial charge on any atom is -0.349 e. The molecule has 0 saturated heterocycles. The van der Waals surface area contributed by atoms with Gasteiger partial charge in [-0.3, -0.25) is 4.79 Å². The summed E-state index contributed by atoms with van der Waals surface area (Å²) in [5.74, 6) is 0.176. The topological polar surface area (TPSA) is 70.2 Å². The molecule has 0 saturated carbocycles. The second-order valence-corrected chi connectivity index (χ2v) is 6.29. The Morgan fingerprint density at radius 2 is 2.09 bits per heavy atom. The molecule has 0 atom stereocenters. The number of rotatable bonds is 6. The quantitative estimate of drug-likeness (QED) is 0.809. The molecule has 7 heteroatoms. The molecule has 6 nitrogen and oxygen atoms in total. The van der Waals surface area contributed by atoms with Crippen LogP contribution in [0.1, 0.15) is 16.1 Å². The molecular formula is C16H20BrN5O. The minimum atomic E-state index is -0.208. The molecule has 0 fully saturated rings. The number of halogens is 1. The van der Waals surface area contributed by atoms with Crippen LogP contribution in [0.5, 0.6) is 0 Å². The number of hydrogen-bond donors (Lipinski definition) is 2. The van der Waals surface area contributed by atoms with E-state index in [0.29, 0.717) is 18.2 Å². The molecule has 122 valence electrons. The third-order valence-corrected chi connectivity index (χ3v) is 3.76. The van der Waals surface area contributed by atoms with Crippen LogP contribution in [-0.2, 0) is 0 Å². The fraction of sp³-hybridized carbons (Fsp3) is 0.312. The summed E-state index contributed by atoms with van der Waals surface area (Å²) in [5.41, 5.74) is 2.34. The summed E-state index contributed by atoms with van der Waals surface area (Å²) >= 11 is 3.50. The molecule has 0 aliphatic carbocycles. The first kappa shape index (κ1) is 17.4. The van der Waals surface area contributed by atoms with Crippen LogP contribution in [-0.4, -0.2) is 48.0 Å². The summed E-state index contributed by atoms with van der Waals surface area (Å²) in [7, 11) is 3.91. The Morgan fingerprint density at radius 3 is 2.78 bits per heavy atom. The van der Waals surface area contributed by atoms with Gasteiger partial charge in [0.15, 0.2) is 0 Å². The lowest BCUT2D eigenvalue weighted by atomic mass is 10.2. The van der Waals surface area contributed by atoms with Crippen molar-refractivity contribution < 1.29 is 4.79 Å². The molecule has 0 unspecified atom stereocenters. The molecule has 2 rings (SSSR count). The lowest BCUT2D eigenvalue weighted by Crippen LogP contribution is -2.31. The van der Waals surface area contributed by atoms with E-state index in [0.717, 1.165) is 22.3 Å². The maximum Gasteiger partial charge on any atom is 0.270 e. The maximum absolute atomic E-state index is 12.1. The van der Waals surface area contributed by atoms with E-state index in [1.807, 2.05) is 44.1 Å². The Bertz CT molecular complexity index is 690. The zero-order valence-electron chi connectivity index (χ0n) is 13.4. The summed E-state index contributed by atoms with van der Waals surface area (Å²) < 4.78 is 0.918. The lowest BCUT2D eigenvalue weighted by Gasteiger charge is -2.11. The second kappa shape index (κ2) is 8.03. The number of amides is 1. The van der Waals surface area contributed by atoms with Crippen molar-refractivity contribution in [2.24, 2.45) is 0 Å². The van der Waals surface area contributed by atoms with Crippen LogP contribution in [0.25, 0.3) is 0 Å². The first-order chi connectivity index (χ1) is 11.0. The number of benzene rings is 1. The van der Waals surface area contributed by atoms with E-state index in [-0.39, 0.29) is 5.91 Å². The molecular weight excluding hydrogens is 358 g/mol. The highest BCUT2D eigenvalue weighted by molar-refractivity contribution is 9.10.